The summed E-state index contributed by atoms with van der Waals surface area (Å²) in [6.07, 6.45) is 1.61. The molecule has 1 amide bonds. The van der Waals surface area contributed by atoms with Crippen LogP contribution in [0.5, 0.6) is 0 Å². The molecule has 27 heavy (non-hydrogen) atoms. The van der Waals surface area contributed by atoms with E-state index in [1.807, 2.05) is 19.1 Å². The number of hydrogen-bond acceptors (Lipinski definition) is 6. The standard InChI is InChI=1S/C19H25N3O4S/c1-3-12-22-18(25)14-8-5-6-9-15(14)21-19(22)27-13-16(23)20-11-7-10-17(24)26-4-2/h5-6,8-9H,3-4,7,10-13H2,1-2H3,(H,20,23). The highest BCUT2D eigenvalue weighted by molar-refractivity contribution is 7.99. The van der Waals surface area contributed by atoms with Crippen molar-refractivity contribution in [2.75, 3.05) is 18.9 Å². The van der Waals surface area contributed by atoms with Crippen LogP contribution in [-0.4, -0.2) is 40.3 Å². The van der Waals surface area contributed by atoms with E-state index in [-0.39, 0.29) is 29.6 Å². The molecule has 1 aromatic heterocycles. The molecule has 0 saturated carbocycles. The van der Waals surface area contributed by atoms with Gasteiger partial charge in [-0.25, -0.2) is 4.98 Å². The Morgan fingerprint density at radius 3 is 2.78 bits per heavy atom. The van der Waals surface area contributed by atoms with Crippen LogP contribution in [-0.2, 0) is 20.9 Å². The average molecular weight is 391 g/mol. The molecule has 7 nitrogen and oxygen atoms in total. The molecule has 0 unspecified atom stereocenters. The predicted octanol–water partition coefficient (Wildman–Crippen LogP) is 2.36. The van der Waals surface area contributed by atoms with Crippen molar-refractivity contribution in [3.63, 3.8) is 0 Å². The number of amides is 1. The van der Waals surface area contributed by atoms with Gasteiger partial charge in [0.1, 0.15) is 0 Å². The lowest BCUT2D eigenvalue weighted by Crippen LogP contribution is -2.28. The molecular formula is C19H25N3O4S. The molecule has 2 aromatic rings. The Bertz CT molecular complexity index is 850. The molecule has 1 aromatic carbocycles. The Hall–Kier alpha value is -2.35. The molecular weight excluding hydrogens is 366 g/mol. The maximum atomic E-state index is 12.7. The van der Waals surface area contributed by atoms with Crippen molar-refractivity contribution in [3.8, 4) is 0 Å². The van der Waals surface area contributed by atoms with Gasteiger partial charge in [-0.15, -0.1) is 0 Å². The minimum absolute atomic E-state index is 0.0835. The summed E-state index contributed by atoms with van der Waals surface area (Å²) in [7, 11) is 0. The molecule has 8 heteroatoms. The summed E-state index contributed by atoms with van der Waals surface area (Å²) in [5, 5.41) is 3.90. The minimum Gasteiger partial charge on any atom is -0.466 e. The van der Waals surface area contributed by atoms with E-state index in [9.17, 15) is 14.4 Å². The number of hydrogen-bond donors (Lipinski definition) is 1. The second-order valence-corrected chi connectivity index (χ2v) is 6.86. The van der Waals surface area contributed by atoms with E-state index in [0.717, 1.165) is 6.42 Å². The summed E-state index contributed by atoms with van der Waals surface area (Å²) in [4.78, 5) is 40.5. The first kappa shape index (κ1) is 21.0. The molecule has 0 radical (unpaired) electrons. The molecule has 1 N–H and O–H groups in total. The normalized spacial score (nSPS) is 10.7. The summed E-state index contributed by atoms with van der Waals surface area (Å²) in [5.41, 5.74) is 0.548. The molecule has 0 saturated heterocycles. The predicted molar refractivity (Wildman–Crippen MR) is 106 cm³/mol. The molecule has 0 spiro atoms. The van der Waals surface area contributed by atoms with Crippen molar-refractivity contribution in [1.82, 2.24) is 14.9 Å². The molecule has 0 aliphatic carbocycles. The number of nitrogens with one attached hydrogen (secondary N) is 1. The first-order chi connectivity index (χ1) is 13.1. The van der Waals surface area contributed by atoms with Gasteiger partial charge in [-0.05, 0) is 31.9 Å². The smallest absolute Gasteiger partial charge is 0.305 e. The van der Waals surface area contributed by atoms with Crippen LogP contribution in [0.15, 0.2) is 34.2 Å². The van der Waals surface area contributed by atoms with E-state index in [1.54, 1.807) is 23.6 Å². The van der Waals surface area contributed by atoms with E-state index >= 15 is 0 Å². The van der Waals surface area contributed by atoms with Crippen molar-refractivity contribution >= 4 is 34.5 Å². The summed E-state index contributed by atoms with van der Waals surface area (Å²) in [6, 6.07) is 7.22. The summed E-state index contributed by atoms with van der Waals surface area (Å²) >= 11 is 1.24. The Morgan fingerprint density at radius 2 is 2.04 bits per heavy atom. The molecule has 0 aliphatic rings. The number of ether oxygens (including phenoxy) is 1. The Morgan fingerprint density at radius 1 is 1.26 bits per heavy atom. The highest BCUT2D eigenvalue weighted by atomic mass is 32.2. The molecule has 0 atom stereocenters. The number of fused-ring (bicyclic) bond motifs is 1. The Balaban J connectivity index is 1.95. The lowest BCUT2D eigenvalue weighted by Gasteiger charge is -2.12. The van der Waals surface area contributed by atoms with Crippen LogP contribution in [0.25, 0.3) is 10.9 Å². The maximum Gasteiger partial charge on any atom is 0.305 e. The summed E-state index contributed by atoms with van der Waals surface area (Å²) in [6.45, 7) is 5.08. The number of rotatable bonds is 10. The SMILES string of the molecule is CCCn1c(SCC(=O)NCCCC(=O)OCC)nc2ccccc2c1=O. The molecule has 146 valence electrons. The highest BCUT2D eigenvalue weighted by Crippen LogP contribution is 2.17. The van der Waals surface area contributed by atoms with Crippen molar-refractivity contribution in [2.45, 2.75) is 44.8 Å². The number of para-hydroxylation sites is 1. The minimum atomic E-state index is -0.259. The molecule has 0 fully saturated rings. The van der Waals surface area contributed by atoms with Crippen molar-refractivity contribution in [3.05, 3.63) is 34.6 Å². The van der Waals surface area contributed by atoms with Gasteiger partial charge in [-0.1, -0.05) is 30.8 Å². The van der Waals surface area contributed by atoms with E-state index in [4.69, 9.17) is 4.74 Å². The highest BCUT2D eigenvalue weighted by Gasteiger charge is 2.12. The lowest BCUT2D eigenvalue weighted by molar-refractivity contribution is -0.143. The van der Waals surface area contributed by atoms with Crippen LogP contribution < -0.4 is 10.9 Å². The van der Waals surface area contributed by atoms with Crippen LogP contribution in [0.3, 0.4) is 0 Å². The topological polar surface area (TPSA) is 90.3 Å². The Labute approximate surface area is 162 Å². The summed E-state index contributed by atoms with van der Waals surface area (Å²) < 4.78 is 6.47. The number of esters is 1. The van der Waals surface area contributed by atoms with Gasteiger partial charge in [0, 0.05) is 19.5 Å². The van der Waals surface area contributed by atoms with E-state index in [0.29, 0.717) is 42.2 Å². The van der Waals surface area contributed by atoms with Crippen molar-refractivity contribution in [2.24, 2.45) is 0 Å². The number of carbonyl (C=O) groups excluding carboxylic acids is 2. The van der Waals surface area contributed by atoms with Crippen LogP contribution in [0.4, 0.5) is 0 Å². The van der Waals surface area contributed by atoms with Gasteiger partial charge < -0.3 is 10.1 Å². The third-order valence-electron chi connectivity index (χ3n) is 3.79. The second kappa shape index (κ2) is 10.7. The zero-order valence-electron chi connectivity index (χ0n) is 15.7. The van der Waals surface area contributed by atoms with E-state index in [1.165, 1.54) is 11.8 Å². The molecule has 0 bridgehead atoms. The lowest BCUT2D eigenvalue weighted by atomic mass is 10.2. The first-order valence-corrected chi connectivity index (χ1v) is 10.1. The van der Waals surface area contributed by atoms with Gasteiger partial charge in [0.2, 0.25) is 5.91 Å². The largest absolute Gasteiger partial charge is 0.466 e. The number of benzene rings is 1. The quantitative estimate of drug-likeness (QED) is 0.289. The van der Waals surface area contributed by atoms with Crippen molar-refractivity contribution < 1.29 is 14.3 Å². The fraction of sp³-hybridized carbons (Fsp3) is 0.474. The van der Waals surface area contributed by atoms with Gasteiger partial charge in [0.05, 0.1) is 23.3 Å². The summed E-state index contributed by atoms with van der Waals surface area (Å²) in [5.74, 6) is -0.257. The van der Waals surface area contributed by atoms with Gasteiger partial charge in [-0.3, -0.25) is 19.0 Å². The van der Waals surface area contributed by atoms with Crippen LogP contribution in [0, 0.1) is 0 Å². The van der Waals surface area contributed by atoms with E-state index in [2.05, 4.69) is 10.3 Å². The van der Waals surface area contributed by atoms with Gasteiger partial charge in [-0.2, -0.15) is 0 Å². The first-order valence-electron chi connectivity index (χ1n) is 9.11. The third kappa shape index (κ3) is 6.09. The zero-order chi connectivity index (χ0) is 19.6. The maximum absolute atomic E-state index is 12.7. The van der Waals surface area contributed by atoms with Crippen LogP contribution >= 0.6 is 11.8 Å². The van der Waals surface area contributed by atoms with Gasteiger partial charge in [0.25, 0.3) is 5.56 Å². The van der Waals surface area contributed by atoms with E-state index < -0.39 is 0 Å². The van der Waals surface area contributed by atoms with Gasteiger partial charge >= 0.3 is 5.97 Å². The zero-order valence-corrected chi connectivity index (χ0v) is 16.5. The molecule has 0 aliphatic heterocycles. The second-order valence-electron chi connectivity index (χ2n) is 5.92. The molecule has 2 rings (SSSR count). The van der Waals surface area contributed by atoms with Crippen LogP contribution in [0.2, 0.25) is 0 Å². The van der Waals surface area contributed by atoms with Gasteiger partial charge in [0.15, 0.2) is 5.16 Å². The number of aromatic nitrogens is 2. The monoisotopic (exact) mass is 391 g/mol. The number of thioether (sulfide) groups is 1. The third-order valence-corrected chi connectivity index (χ3v) is 4.77. The fourth-order valence-corrected chi connectivity index (χ4v) is 3.41. The molecule has 1 heterocycles. The van der Waals surface area contributed by atoms with Crippen molar-refractivity contribution in [1.29, 1.82) is 0 Å². The average Bonchev–Trinajstić information content (AvgIpc) is 2.66. The Kier molecular flexibility index (Phi) is 8.32. The fourth-order valence-electron chi connectivity index (χ4n) is 2.55. The van der Waals surface area contributed by atoms with Crippen LogP contribution in [0.1, 0.15) is 33.1 Å². The number of nitrogens with zero attached hydrogens (tertiary/aromatic N) is 2. The number of carbonyl (C=O) groups is 2.